The van der Waals surface area contributed by atoms with Crippen LogP contribution in [-0.2, 0) is 13.0 Å². The lowest BCUT2D eigenvalue weighted by molar-refractivity contribution is 0.721. The summed E-state index contributed by atoms with van der Waals surface area (Å²) in [5, 5.41) is 0. The van der Waals surface area contributed by atoms with Crippen LogP contribution < -0.4 is 0 Å². The minimum Gasteiger partial charge on any atom is -0.323 e. The van der Waals surface area contributed by atoms with Gasteiger partial charge < -0.3 is 4.57 Å². The van der Waals surface area contributed by atoms with Crippen LogP contribution in [0.5, 0.6) is 0 Å². The van der Waals surface area contributed by atoms with Crippen LogP contribution in [0.1, 0.15) is 35.9 Å². The van der Waals surface area contributed by atoms with Gasteiger partial charge in [-0.25, -0.2) is 4.98 Å². The third-order valence-electron chi connectivity index (χ3n) is 3.83. The zero-order chi connectivity index (χ0) is 14.8. The van der Waals surface area contributed by atoms with Crippen molar-refractivity contribution in [3.8, 4) is 0 Å². The predicted octanol–water partition coefficient (Wildman–Crippen LogP) is 4.65. The van der Waals surface area contributed by atoms with Crippen LogP contribution in [-0.4, -0.2) is 9.55 Å². The van der Waals surface area contributed by atoms with Crippen LogP contribution >= 0.6 is 0 Å². The maximum Gasteiger partial charge on any atom is 0.110 e. The van der Waals surface area contributed by atoms with Gasteiger partial charge in [0.1, 0.15) is 5.82 Å². The van der Waals surface area contributed by atoms with Gasteiger partial charge in [0.05, 0.1) is 11.0 Å². The largest absolute Gasteiger partial charge is 0.323 e. The Kier molecular flexibility index (Phi) is 3.78. The number of aryl methyl sites for hydroxylation is 3. The maximum absolute atomic E-state index is 4.81. The van der Waals surface area contributed by atoms with E-state index >= 15 is 0 Å². The van der Waals surface area contributed by atoms with Gasteiger partial charge in [-0.2, -0.15) is 0 Å². The molecule has 0 amide bonds. The number of rotatable bonds is 4. The molecular weight excluding hydrogens is 256 g/mol. The van der Waals surface area contributed by atoms with Gasteiger partial charge in [-0.3, -0.25) is 0 Å². The summed E-state index contributed by atoms with van der Waals surface area (Å²) in [7, 11) is 0. The SMILES string of the molecule is CCCc1nc2ccccc2n1Cc1cc(C)cc(C)c1. The molecule has 1 aromatic heterocycles. The van der Waals surface area contributed by atoms with Crippen molar-refractivity contribution < 1.29 is 0 Å². The Hall–Kier alpha value is -2.09. The highest BCUT2D eigenvalue weighted by atomic mass is 15.1. The topological polar surface area (TPSA) is 17.8 Å². The number of nitrogens with zero attached hydrogens (tertiary/aromatic N) is 2. The van der Waals surface area contributed by atoms with E-state index in [0.717, 1.165) is 24.9 Å². The van der Waals surface area contributed by atoms with Crippen LogP contribution in [0.15, 0.2) is 42.5 Å². The third-order valence-corrected chi connectivity index (χ3v) is 3.83. The molecule has 0 atom stereocenters. The number of fused-ring (bicyclic) bond motifs is 1. The molecule has 0 aliphatic rings. The number of hydrogen-bond acceptors (Lipinski definition) is 1. The molecule has 0 unspecified atom stereocenters. The van der Waals surface area contributed by atoms with E-state index in [0.29, 0.717) is 0 Å². The highest BCUT2D eigenvalue weighted by Crippen LogP contribution is 2.20. The van der Waals surface area contributed by atoms with E-state index in [4.69, 9.17) is 4.98 Å². The molecule has 21 heavy (non-hydrogen) atoms. The molecule has 0 aliphatic heterocycles. The van der Waals surface area contributed by atoms with Crippen LogP contribution in [0.2, 0.25) is 0 Å². The molecular formula is C19H22N2. The first-order valence-electron chi connectivity index (χ1n) is 7.68. The summed E-state index contributed by atoms with van der Waals surface area (Å²) in [5.74, 6) is 1.19. The second kappa shape index (κ2) is 5.72. The van der Waals surface area contributed by atoms with Gasteiger partial charge in [-0.05, 0) is 38.0 Å². The number of para-hydroxylation sites is 2. The molecule has 0 fully saturated rings. The second-order valence-electron chi connectivity index (χ2n) is 5.85. The fraction of sp³-hybridized carbons (Fsp3) is 0.316. The Bertz CT molecular complexity index is 748. The third kappa shape index (κ3) is 2.85. The van der Waals surface area contributed by atoms with Crippen molar-refractivity contribution in [2.24, 2.45) is 0 Å². The van der Waals surface area contributed by atoms with Crippen LogP contribution in [0.3, 0.4) is 0 Å². The lowest BCUT2D eigenvalue weighted by Gasteiger charge is -2.10. The molecule has 3 aromatic rings. The molecule has 0 radical (unpaired) electrons. The summed E-state index contributed by atoms with van der Waals surface area (Å²) in [5.41, 5.74) is 6.34. The lowest BCUT2D eigenvalue weighted by atomic mass is 10.1. The average molecular weight is 278 g/mol. The zero-order valence-corrected chi connectivity index (χ0v) is 13.1. The molecule has 0 N–H and O–H groups in total. The summed E-state index contributed by atoms with van der Waals surface area (Å²) >= 11 is 0. The summed E-state index contributed by atoms with van der Waals surface area (Å²) in [6.45, 7) is 7.43. The Morgan fingerprint density at radius 1 is 1.00 bits per heavy atom. The number of hydrogen-bond donors (Lipinski definition) is 0. The van der Waals surface area contributed by atoms with E-state index in [2.05, 4.69) is 67.8 Å². The molecule has 0 saturated carbocycles. The standard InChI is InChI=1S/C19H22N2/c1-4-7-19-20-17-8-5-6-9-18(17)21(19)13-16-11-14(2)10-15(3)12-16/h5-6,8-12H,4,7,13H2,1-3H3. The average Bonchev–Trinajstić information content (AvgIpc) is 2.76. The molecule has 1 heterocycles. The van der Waals surface area contributed by atoms with Crippen LogP contribution in [0.4, 0.5) is 0 Å². The van der Waals surface area contributed by atoms with Crippen molar-refractivity contribution in [3.63, 3.8) is 0 Å². The van der Waals surface area contributed by atoms with Crippen LogP contribution in [0.25, 0.3) is 11.0 Å². The number of imidazole rings is 1. The fourth-order valence-electron chi connectivity index (χ4n) is 3.06. The Morgan fingerprint density at radius 3 is 2.43 bits per heavy atom. The smallest absolute Gasteiger partial charge is 0.110 e. The highest BCUT2D eigenvalue weighted by Gasteiger charge is 2.10. The van der Waals surface area contributed by atoms with Gasteiger partial charge in [0.2, 0.25) is 0 Å². The first kappa shape index (κ1) is 13.9. The zero-order valence-electron chi connectivity index (χ0n) is 13.1. The van der Waals surface area contributed by atoms with Gasteiger partial charge in [0.25, 0.3) is 0 Å². The molecule has 3 rings (SSSR count). The molecule has 0 saturated heterocycles. The fourth-order valence-corrected chi connectivity index (χ4v) is 3.06. The summed E-state index contributed by atoms with van der Waals surface area (Å²) < 4.78 is 2.37. The highest BCUT2D eigenvalue weighted by molar-refractivity contribution is 5.76. The van der Waals surface area contributed by atoms with E-state index < -0.39 is 0 Å². The quantitative estimate of drug-likeness (QED) is 0.679. The molecule has 108 valence electrons. The van der Waals surface area contributed by atoms with E-state index in [1.54, 1.807) is 0 Å². The van der Waals surface area contributed by atoms with Crippen molar-refractivity contribution in [3.05, 3.63) is 65.0 Å². The van der Waals surface area contributed by atoms with Gasteiger partial charge in [-0.15, -0.1) is 0 Å². The minimum atomic E-state index is 0.901. The molecule has 0 spiro atoms. The second-order valence-corrected chi connectivity index (χ2v) is 5.85. The summed E-state index contributed by atoms with van der Waals surface area (Å²) in [6.07, 6.45) is 2.15. The molecule has 2 aromatic carbocycles. The molecule has 0 bridgehead atoms. The van der Waals surface area contributed by atoms with E-state index in [9.17, 15) is 0 Å². The normalized spacial score (nSPS) is 11.2. The Labute approximate surface area is 126 Å². The van der Waals surface area contributed by atoms with E-state index in [-0.39, 0.29) is 0 Å². The minimum absolute atomic E-state index is 0.901. The maximum atomic E-state index is 4.81. The lowest BCUT2D eigenvalue weighted by Crippen LogP contribution is -2.05. The van der Waals surface area contributed by atoms with Gasteiger partial charge in [-0.1, -0.05) is 48.4 Å². The first-order valence-corrected chi connectivity index (χ1v) is 7.68. The Morgan fingerprint density at radius 2 is 1.71 bits per heavy atom. The van der Waals surface area contributed by atoms with Crippen molar-refractivity contribution in [2.75, 3.05) is 0 Å². The van der Waals surface area contributed by atoms with Crippen molar-refractivity contribution >= 4 is 11.0 Å². The van der Waals surface area contributed by atoms with E-state index in [1.165, 1.54) is 28.0 Å². The van der Waals surface area contributed by atoms with Crippen molar-refractivity contribution in [1.82, 2.24) is 9.55 Å². The summed E-state index contributed by atoms with van der Waals surface area (Å²) in [4.78, 5) is 4.81. The van der Waals surface area contributed by atoms with E-state index in [1.807, 2.05) is 0 Å². The monoisotopic (exact) mass is 278 g/mol. The molecule has 2 heteroatoms. The summed E-state index contributed by atoms with van der Waals surface area (Å²) in [6, 6.07) is 15.2. The van der Waals surface area contributed by atoms with Crippen LogP contribution in [0, 0.1) is 13.8 Å². The predicted molar refractivity (Wildman–Crippen MR) is 88.7 cm³/mol. The van der Waals surface area contributed by atoms with Crippen molar-refractivity contribution in [1.29, 1.82) is 0 Å². The molecule has 0 aliphatic carbocycles. The van der Waals surface area contributed by atoms with Gasteiger partial charge >= 0.3 is 0 Å². The van der Waals surface area contributed by atoms with Gasteiger partial charge in [0.15, 0.2) is 0 Å². The first-order chi connectivity index (χ1) is 10.2. The van der Waals surface area contributed by atoms with Crippen molar-refractivity contribution in [2.45, 2.75) is 40.2 Å². The number of aromatic nitrogens is 2. The number of benzene rings is 2. The van der Waals surface area contributed by atoms with Gasteiger partial charge in [0, 0.05) is 13.0 Å². The Balaban J connectivity index is 2.07. The molecule has 2 nitrogen and oxygen atoms in total.